The van der Waals surface area contributed by atoms with Crippen molar-refractivity contribution in [3.8, 4) is 0 Å². The first-order valence-electron chi connectivity index (χ1n) is 6.32. The lowest BCUT2D eigenvalue weighted by Gasteiger charge is -2.06. The summed E-state index contributed by atoms with van der Waals surface area (Å²) in [4.78, 5) is 0. The van der Waals surface area contributed by atoms with E-state index in [0.29, 0.717) is 5.56 Å². The third kappa shape index (κ3) is 3.30. The van der Waals surface area contributed by atoms with Gasteiger partial charge in [0.05, 0.1) is 11.4 Å². The Hall–Kier alpha value is -1.91. The second-order valence-electron chi connectivity index (χ2n) is 4.48. The second-order valence-corrected chi connectivity index (χ2v) is 4.48. The van der Waals surface area contributed by atoms with Crippen LogP contribution in [0.5, 0.6) is 0 Å². The van der Waals surface area contributed by atoms with Crippen molar-refractivity contribution in [2.75, 3.05) is 5.32 Å². The normalized spacial score (nSPS) is 10.7. The lowest BCUT2D eigenvalue weighted by molar-refractivity contribution is 0.587. The number of nitrogens with one attached hydrogen (secondary N) is 1. The van der Waals surface area contributed by atoms with Crippen molar-refractivity contribution in [3.05, 3.63) is 47.3 Å². The number of benzene rings is 1. The molecule has 0 fully saturated rings. The summed E-state index contributed by atoms with van der Waals surface area (Å²) in [6.45, 7) is 5.04. The molecule has 2 rings (SSSR count). The smallest absolute Gasteiger partial charge is 0.128 e. The molecule has 0 radical (unpaired) electrons. The van der Waals surface area contributed by atoms with Gasteiger partial charge >= 0.3 is 0 Å². The highest BCUT2D eigenvalue weighted by Crippen LogP contribution is 2.16. The fourth-order valence-electron chi connectivity index (χ4n) is 1.90. The summed E-state index contributed by atoms with van der Waals surface area (Å²) in [5.41, 5.74) is 2.00. The molecule has 102 valence electrons. The molecule has 3 nitrogen and oxygen atoms in total. The first-order valence-corrected chi connectivity index (χ1v) is 6.32. The van der Waals surface area contributed by atoms with Crippen LogP contribution in [0.25, 0.3) is 0 Å². The van der Waals surface area contributed by atoms with E-state index < -0.39 is 11.6 Å². The van der Waals surface area contributed by atoms with Gasteiger partial charge in [0, 0.05) is 24.8 Å². The number of halogens is 2. The number of hydrogen-bond donors (Lipinski definition) is 1. The maximum atomic E-state index is 13.5. The molecule has 0 aliphatic carbocycles. The predicted octanol–water partition coefficient (Wildman–Crippen LogP) is 3.49. The van der Waals surface area contributed by atoms with Crippen molar-refractivity contribution in [2.45, 2.75) is 33.4 Å². The first kappa shape index (κ1) is 13.5. The summed E-state index contributed by atoms with van der Waals surface area (Å²) in [6.07, 6.45) is 2.88. The lowest BCUT2D eigenvalue weighted by atomic mass is 10.2. The Morgan fingerprint density at radius 1 is 1.32 bits per heavy atom. The van der Waals surface area contributed by atoms with Gasteiger partial charge in [-0.25, -0.2) is 8.78 Å². The third-order valence-corrected chi connectivity index (χ3v) is 2.88. The summed E-state index contributed by atoms with van der Waals surface area (Å²) in [5.74, 6) is -0.843. The van der Waals surface area contributed by atoms with Gasteiger partial charge in [-0.2, -0.15) is 5.10 Å². The van der Waals surface area contributed by atoms with E-state index in [4.69, 9.17) is 0 Å². The monoisotopic (exact) mass is 265 g/mol. The number of aromatic nitrogens is 2. The molecule has 0 spiro atoms. The molecule has 5 heteroatoms. The summed E-state index contributed by atoms with van der Waals surface area (Å²) >= 11 is 0. The zero-order valence-corrected chi connectivity index (χ0v) is 11.1. The van der Waals surface area contributed by atoms with E-state index in [2.05, 4.69) is 17.3 Å². The van der Waals surface area contributed by atoms with E-state index in [1.54, 1.807) is 0 Å². The van der Waals surface area contributed by atoms with Crippen molar-refractivity contribution in [1.82, 2.24) is 9.78 Å². The minimum Gasteiger partial charge on any atom is -0.378 e. The number of rotatable bonds is 5. The molecule has 0 amide bonds. The molecular formula is C14H17F2N3. The van der Waals surface area contributed by atoms with E-state index in [1.807, 2.05) is 17.8 Å². The molecule has 0 atom stereocenters. The maximum Gasteiger partial charge on any atom is 0.128 e. The van der Waals surface area contributed by atoms with Crippen molar-refractivity contribution < 1.29 is 8.78 Å². The fourth-order valence-corrected chi connectivity index (χ4v) is 1.90. The Kier molecular flexibility index (Phi) is 4.14. The molecule has 0 unspecified atom stereocenters. The van der Waals surface area contributed by atoms with Crippen LogP contribution in [-0.4, -0.2) is 9.78 Å². The Balaban J connectivity index is 2.07. The van der Waals surface area contributed by atoms with Crippen molar-refractivity contribution in [3.63, 3.8) is 0 Å². The van der Waals surface area contributed by atoms with E-state index in [0.717, 1.165) is 36.5 Å². The molecule has 0 saturated heterocycles. The molecule has 1 N–H and O–H groups in total. The summed E-state index contributed by atoms with van der Waals surface area (Å²) < 4.78 is 28.4. The molecule has 0 saturated carbocycles. The highest BCUT2D eigenvalue weighted by molar-refractivity contribution is 5.46. The molecule has 0 aliphatic heterocycles. The quantitative estimate of drug-likeness (QED) is 0.896. The first-order chi connectivity index (χ1) is 9.10. The van der Waals surface area contributed by atoms with Gasteiger partial charge in [-0.3, -0.25) is 4.68 Å². The molecular weight excluding hydrogens is 248 g/mol. The third-order valence-electron chi connectivity index (χ3n) is 2.88. The molecule has 2 aromatic rings. The molecule has 1 heterocycles. The summed E-state index contributed by atoms with van der Waals surface area (Å²) in [6, 6.07) is 3.46. The number of nitrogens with zero attached hydrogens (tertiary/aromatic N) is 2. The zero-order chi connectivity index (χ0) is 13.8. The van der Waals surface area contributed by atoms with E-state index in [-0.39, 0.29) is 6.54 Å². The van der Waals surface area contributed by atoms with Gasteiger partial charge in [0.2, 0.25) is 0 Å². The molecule has 19 heavy (non-hydrogen) atoms. The van der Waals surface area contributed by atoms with Crippen LogP contribution in [0.2, 0.25) is 0 Å². The highest BCUT2D eigenvalue weighted by Gasteiger charge is 2.07. The Morgan fingerprint density at radius 3 is 2.84 bits per heavy atom. The van der Waals surface area contributed by atoms with Crippen molar-refractivity contribution >= 4 is 5.69 Å². The Morgan fingerprint density at radius 2 is 2.11 bits per heavy atom. The second kappa shape index (κ2) is 5.82. The SMILES string of the molecule is CCCn1cc(NCc2cc(F)ccc2F)c(C)n1. The average Bonchev–Trinajstić information content (AvgIpc) is 2.71. The van der Waals surface area contributed by atoms with E-state index in [9.17, 15) is 8.78 Å². The van der Waals surface area contributed by atoms with E-state index >= 15 is 0 Å². The van der Waals surface area contributed by atoms with Crippen LogP contribution in [0.1, 0.15) is 24.6 Å². The molecule has 0 bridgehead atoms. The number of anilines is 1. The van der Waals surface area contributed by atoms with Crippen molar-refractivity contribution in [1.29, 1.82) is 0 Å². The van der Waals surface area contributed by atoms with Crippen LogP contribution < -0.4 is 5.32 Å². The van der Waals surface area contributed by atoms with Gasteiger partial charge in [0.25, 0.3) is 0 Å². The molecule has 1 aromatic carbocycles. The van der Waals surface area contributed by atoms with Gasteiger partial charge in [0.1, 0.15) is 11.6 Å². The van der Waals surface area contributed by atoms with Crippen molar-refractivity contribution in [2.24, 2.45) is 0 Å². The lowest BCUT2D eigenvalue weighted by Crippen LogP contribution is -2.02. The Labute approximate surface area is 111 Å². The summed E-state index contributed by atoms with van der Waals surface area (Å²) in [7, 11) is 0. The minimum atomic E-state index is -0.434. The number of aryl methyl sites for hydroxylation is 2. The zero-order valence-electron chi connectivity index (χ0n) is 11.1. The average molecular weight is 265 g/mol. The van der Waals surface area contributed by atoms with Crippen LogP contribution in [0.3, 0.4) is 0 Å². The topological polar surface area (TPSA) is 29.9 Å². The summed E-state index contributed by atoms with van der Waals surface area (Å²) in [5, 5.41) is 7.43. The van der Waals surface area contributed by atoms with Crippen LogP contribution in [-0.2, 0) is 13.1 Å². The number of hydrogen-bond acceptors (Lipinski definition) is 2. The minimum absolute atomic E-state index is 0.238. The largest absolute Gasteiger partial charge is 0.378 e. The van der Waals surface area contributed by atoms with Crippen LogP contribution in [0.15, 0.2) is 24.4 Å². The maximum absolute atomic E-state index is 13.5. The van der Waals surface area contributed by atoms with Gasteiger partial charge in [-0.05, 0) is 31.5 Å². The Bertz CT molecular complexity index is 564. The van der Waals surface area contributed by atoms with Gasteiger partial charge in [-0.15, -0.1) is 0 Å². The van der Waals surface area contributed by atoms with Crippen LogP contribution >= 0.6 is 0 Å². The van der Waals surface area contributed by atoms with Gasteiger partial charge in [0.15, 0.2) is 0 Å². The van der Waals surface area contributed by atoms with Crippen LogP contribution in [0.4, 0.5) is 14.5 Å². The van der Waals surface area contributed by atoms with Gasteiger partial charge in [-0.1, -0.05) is 6.92 Å². The highest BCUT2D eigenvalue weighted by atomic mass is 19.1. The molecule has 0 aliphatic rings. The standard InChI is InChI=1S/C14H17F2N3/c1-3-6-19-9-14(10(2)18-19)17-8-11-7-12(15)4-5-13(11)16/h4-5,7,9,17H,3,6,8H2,1-2H3. The fraction of sp³-hybridized carbons (Fsp3) is 0.357. The van der Waals surface area contributed by atoms with Gasteiger partial charge < -0.3 is 5.32 Å². The predicted molar refractivity (Wildman–Crippen MR) is 70.9 cm³/mol. The molecule has 1 aromatic heterocycles. The van der Waals surface area contributed by atoms with Crippen LogP contribution in [0, 0.1) is 18.6 Å². The van der Waals surface area contributed by atoms with E-state index in [1.165, 1.54) is 6.07 Å².